The van der Waals surface area contributed by atoms with Crippen molar-refractivity contribution in [2.45, 2.75) is 22.6 Å². The third-order valence-electron chi connectivity index (χ3n) is 5.19. The van der Waals surface area contributed by atoms with Crippen molar-refractivity contribution < 1.29 is 4.79 Å². The first-order chi connectivity index (χ1) is 13.8. The highest BCUT2D eigenvalue weighted by atomic mass is 35.5. The van der Waals surface area contributed by atoms with Crippen LogP contribution in [0.5, 0.6) is 0 Å². The number of hydrogen-bond acceptors (Lipinski definition) is 5. The number of aliphatic imine (C=N–C) groups is 1. The summed E-state index contributed by atoms with van der Waals surface area (Å²) in [6.45, 7) is 4.04. The number of hydrogen-bond donors (Lipinski definition) is 1. The fourth-order valence-electron chi connectivity index (χ4n) is 3.65. The Balaban J connectivity index is 0.00000240. The predicted molar refractivity (Wildman–Crippen MR) is 122 cm³/mol. The highest BCUT2D eigenvalue weighted by Crippen LogP contribution is 2.40. The quantitative estimate of drug-likeness (QED) is 0.749. The number of rotatable bonds is 4. The zero-order valence-electron chi connectivity index (χ0n) is 16.6. The van der Waals surface area contributed by atoms with Crippen LogP contribution in [0.3, 0.4) is 0 Å². The van der Waals surface area contributed by atoms with Gasteiger partial charge in [0, 0.05) is 48.0 Å². The van der Waals surface area contributed by atoms with E-state index in [9.17, 15) is 4.79 Å². The number of amidine groups is 1. The van der Waals surface area contributed by atoms with Crippen LogP contribution in [0, 0.1) is 0 Å². The van der Waals surface area contributed by atoms with Gasteiger partial charge in [-0.3, -0.25) is 4.79 Å². The van der Waals surface area contributed by atoms with E-state index in [1.165, 1.54) is 15.4 Å². The summed E-state index contributed by atoms with van der Waals surface area (Å²) < 4.78 is 0. The second-order valence-corrected chi connectivity index (χ2v) is 8.16. The molecular weight excluding hydrogens is 404 g/mol. The molecule has 2 heterocycles. The van der Waals surface area contributed by atoms with Crippen molar-refractivity contribution in [1.29, 1.82) is 0 Å². The SMILES string of the molecule is CNCCCC(=O)N1CCN(C2=Nc3ccccc3Sc3ccccc32)CC1.Cl. The molecule has 0 unspecified atom stereocenters. The molecule has 0 aromatic heterocycles. The number of piperazine rings is 1. The Morgan fingerprint density at radius 2 is 1.72 bits per heavy atom. The van der Waals surface area contributed by atoms with Gasteiger partial charge in [0.25, 0.3) is 0 Å². The molecule has 1 saturated heterocycles. The number of nitrogens with zero attached hydrogens (tertiary/aromatic N) is 3. The van der Waals surface area contributed by atoms with Gasteiger partial charge in [0.05, 0.1) is 5.69 Å². The average molecular weight is 431 g/mol. The average Bonchev–Trinajstić information content (AvgIpc) is 2.90. The van der Waals surface area contributed by atoms with Crippen LogP contribution in [0.2, 0.25) is 0 Å². The van der Waals surface area contributed by atoms with E-state index in [2.05, 4.69) is 52.7 Å². The van der Waals surface area contributed by atoms with Crippen molar-refractivity contribution in [2.75, 3.05) is 39.8 Å². The summed E-state index contributed by atoms with van der Waals surface area (Å²) in [7, 11) is 1.92. The zero-order chi connectivity index (χ0) is 19.3. The Morgan fingerprint density at radius 1 is 1.03 bits per heavy atom. The Labute approximate surface area is 183 Å². The fraction of sp³-hybridized carbons (Fsp3) is 0.364. The number of benzene rings is 2. The molecule has 7 heteroatoms. The Kier molecular flexibility index (Phi) is 7.58. The maximum atomic E-state index is 12.4. The van der Waals surface area contributed by atoms with E-state index in [0.29, 0.717) is 6.42 Å². The molecule has 5 nitrogen and oxygen atoms in total. The van der Waals surface area contributed by atoms with Crippen LogP contribution in [-0.4, -0.2) is 61.3 Å². The van der Waals surface area contributed by atoms with Crippen LogP contribution in [0.15, 0.2) is 63.3 Å². The number of carbonyl (C=O) groups is 1. The number of fused-ring (bicyclic) bond motifs is 2. The van der Waals surface area contributed by atoms with Gasteiger partial charge in [0.1, 0.15) is 5.84 Å². The summed E-state index contributed by atoms with van der Waals surface area (Å²) in [5.41, 5.74) is 2.20. The lowest BCUT2D eigenvalue weighted by Crippen LogP contribution is -2.50. The molecule has 1 fully saturated rings. The van der Waals surface area contributed by atoms with Gasteiger partial charge in [0.15, 0.2) is 0 Å². The largest absolute Gasteiger partial charge is 0.353 e. The molecule has 1 N–H and O–H groups in total. The molecule has 2 aromatic carbocycles. The van der Waals surface area contributed by atoms with Crippen LogP contribution in [0.25, 0.3) is 0 Å². The predicted octanol–water partition coefficient (Wildman–Crippen LogP) is 3.80. The van der Waals surface area contributed by atoms with E-state index >= 15 is 0 Å². The van der Waals surface area contributed by atoms with Gasteiger partial charge in [-0.2, -0.15) is 0 Å². The monoisotopic (exact) mass is 430 g/mol. The normalized spacial score (nSPS) is 15.6. The lowest BCUT2D eigenvalue weighted by Gasteiger charge is -2.36. The van der Waals surface area contributed by atoms with Crippen LogP contribution in [-0.2, 0) is 4.79 Å². The standard InChI is InChI=1S/C22H26N4OS.ClH/c1-23-12-6-11-21(27)25-13-15-26(16-14-25)22-17-7-2-4-9-19(17)28-20-10-5-3-8-18(20)24-22;/h2-5,7-10,23H,6,11-16H2,1H3;1H. The molecule has 0 radical (unpaired) electrons. The Hall–Kier alpha value is -2.02. The van der Waals surface area contributed by atoms with E-state index < -0.39 is 0 Å². The van der Waals surface area contributed by atoms with Crippen LogP contribution >= 0.6 is 24.2 Å². The van der Waals surface area contributed by atoms with Gasteiger partial charge in [-0.05, 0) is 38.2 Å². The number of para-hydroxylation sites is 1. The lowest BCUT2D eigenvalue weighted by atomic mass is 10.1. The molecule has 0 saturated carbocycles. The first-order valence-electron chi connectivity index (χ1n) is 9.88. The van der Waals surface area contributed by atoms with Crippen molar-refractivity contribution in [3.05, 3.63) is 54.1 Å². The van der Waals surface area contributed by atoms with Crippen molar-refractivity contribution in [1.82, 2.24) is 15.1 Å². The van der Waals surface area contributed by atoms with E-state index in [4.69, 9.17) is 4.99 Å². The van der Waals surface area contributed by atoms with Gasteiger partial charge in [0.2, 0.25) is 5.91 Å². The molecule has 0 aliphatic carbocycles. The van der Waals surface area contributed by atoms with Gasteiger partial charge in [-0.15, -0.1) is 12.4 Å². The molecule has 0 atom stereocenters. The topological polar surface area (TPSA) is 47.9 Å². The van der Waals surface area contributed by atoms with Crippen molar-refractivity contribution >= 4 is 41.6 Å². The first kappa shape index (κ1) is 21.7. The summed E-state index contributed by atoms with van der Waals surface area (Å²) in [5, 5.41) is 3.10. The first-order valence-corrected chi connectivity index (χ1v) is 10.7. The van der Waals surface area contributed by atoms with E-state index in [0.717, 1.165) is 50.7 Å². The van der Waals surface area contributed by atoms with Crippen molar-refractivity contribution in [3.63, 3.8) is 0 Å². The van der Waals surface area contributed by atoms with Gasteiger partial charge >= 0.3 is 0 Å². The second-order valence-electron chi connectivity index (χ2n) is 7.08. The summed E-state index contributed by atoms with van der Waals surface area (Å²) in [6.07, 6.45) is 1.51. The van der Waals surface area contributed by atoms with Crippen LogP contribution in [0.4, 0.5) is 5.69 Å². The maximum absolute atomic E-state index is 12.4. The molecule has 0 bridgehead atoms. The number of nitrogens with one attached hydrogen (secondary N) is 1. The Bertz CT molecular complexity index is 881. The maximum Gasteiger partial charge on any atom is 0.222 e. The third kappa shape index (κ3) is 4.94. The molecular formula is C22H27ClN4OS. The van der Waals surface area contributed by atoms with Gasteiger partial charge in [-0.1, -0.05) is 42.1 Å². The summed E-state index contributed by atoms with van der Waals surface area (Å²) >= 11 is 1.78. The van der Waals surface area contributed by atoms with E-state index in [1.54, 1.807) is 11.8 Å². The highest BCUT2D eigenvalue weighted by molar-refractivity contribution is 7.99. The van der Waals surface area contributed by atoms with Crippen molar-refractivity contribution in [3.8, 4) is 0 Å². The summed E-state index contributed by atoms with van der Waals surface area (Å²) in [6, 6.07) is 16.8. The van der Waals surface area contributed by atoms with E-state index in [-0.39, 0.29) is 18.3 Å². The van der Waals surface area contributed by atoms with Gasteiger partial charge in [-0.25, -0.2) is 4.99 Å². The number of carbonyl (C=O) groups excluding carboxylic acids is 1. The summed E-state index contributed by atoms with van der Waals surface area (Å²) in [5.74, 6) is 1.29. The molecule has 4 rings (SSSR count). The molecule has 2 aliphatic rings. The minimum atomic E-state index is 0. The summed E-state index contributed by atoms with van der Waals surface area (Å²) in [4.78, 5) is 24.2. The molecule has 0 spiro atoms. The number of amides is 1. The van der Waals surface area contributed by atoms with Crippen LogP contribution in [0.1, 0.15) is 18.4 Å². The Morgan fingerprint density at radius 3 is 2.48 bits per heavy atom. The molecule has 154 valence electrons. The van der Waals surface area contributed by atoms with Crippen LogP contribution < -0.4 is 5.32 Å². The smallest absolute Gasteiger partial charge is 0.222 e. The fourth-order valence-corrected chi connectivity index (χ4v) is 4.67. The minimum Gasteiger partial charge on any atom is -0.353 e. The van der Waals surface area contributed by atoms with E-state index in [1.807, 2.05) is 18.0 Å². The highest BCUT2D eigenvalue weighted by Gasteiger charge is 2.26. The third-order valence-corrected chi connectivity index (χ3v) is 6.33. The molecule has 29 heavy (non-hydrogen) atoms. The van der Waals surface area contributed by atoms with Gasteiger partial charge < -0.3 is 15.1 Å². The molecule has 2 aliphatic heterocycles. The molecule has 2 aromatic rings. The zero-order valence-corrected chi connectivity index (χ0v) is 18.3. The lowest BCUT2D eigenvalue weighted by molar-refractivity contribution is -0.132. The molecule has 1 amide bonds. The number of halogens is 1. The van der Waals surface area contributed by atoms with Crippen molar-refractivity contribution in [2.24, 2.45) is 4.99 Å². The second kappa shape index (κ2) is 10.1. The minimum absolute atomic E-state index is 0.